The van der Waals surface area contributed by atoms with Crippen LogP contribution in [-0.2, 0) is 6.42 Å². The van der Waals surface area contributed by atoms with E-state index in [-0.39, 0.29) is 5.91 Å². The summed E-state index contributed by atoms with van der Waals surface area (Å²) in [5.74, 6) is 0.447. The highest BCUT2D eigenvalue weighted by Gasteiger charge is 2.11. The average molecular weight is 243 g/mol. The number of amides is 1. The zero-order chi connectivity index (χ0) is 13.1. The van der Waals surface area contributed by atoms with Crippen LogP contribution in [-0.4, -0.2) is 16.1 Å². The highest BCUT2D eigenvalue weighted by atomic mass is 16.1. The SMILES string of the molecule is CCc1cc(NC(=O)c2cc(C)ccc2C)n[nH]1. The number of anilines is 1. The van der Waals surface area contributed by atoms with E-state index in [1.807, 2.05) is 45.0 Å². The Hall–Kier alpha value is -2.10. The van der Waals surface area contributed by atoms with E-state index in [2.05, 4.69) is 15.5 Å². The summed E-state index contributed by atoms with van der Waals surface area (Å²) < 4.78 is 0. The van der Waals surface area contributed by atoms with Crippen molar-refractivity contribution in [3.8, 4) is 0 Å². The molecule has 0 aliphatic carbocycles. The molecule has 1 amide bonds. The second kappa shape index (κ2) is 5.04. The molecule has 0 aliphatic rings. The Balaban J connectivity index is 2.19. The van der Waals surface area contributed by atoms with E-state index in [0.717, 1.165) is 23.2 Å². The summed E-state index contributed by atoms with van der Waals surface area (Å²) in [4.78, 5) is 12.1. The maximum atomic E-state index is 12.1. The summed E-state index contributed by atoms with van der Waals surface area (Å²) in [5.41, 5.74) is 3.73. The highest BCUT2D eigenvalue weighted by molar-refractivity contribution is 6.04. The first kappa shape index (κ1) is 12.4. The number of hydrogen-bond acceptors (Lipinski definition) is 2. The summed E-state index contributed by atoms with van der Waals surface area (Å²) in [6, 6.07) is 7.68. The van der Waals surface area contributed by atoms with E-state index in [9.17, 15) is 4.79 Å². The molecule has 0 unspecified atom stereocenters. The second-order valence-electron chi connectivity index (χ2n) is 4.40. The number of rotatable bonds is 3. The molecule has 4 nitrogen and oxygen atoms in total. The molecule has 0 atom stereocenters. The Kier molecular flexibility index (Phi) is 3.46. The minimum Gasteiger partial charge on any atom is -0.305 e. The lowest BCUT2D eigenvalue weighted by Gasteiger charge is -2.06. The van der Waals surface area contributed by atoms with E-state index in [1.165, 1.54) is 0 Å². The third-order valence-corrected chi connectivity index (χ3v) is 2.89. The number of carbonyl (C=O) groups is 1. The lowest BCUT2D eigenvalue weighted by molar-refractivity contribution is 0.102. The van der Waals surface area contributed by atoms with E-state index in [1.54, 1.807) is 0 Å². The van der Waals surface area contributed by atoms with Gasteiger partial charge < -0.3 is 5.32 Å². The largest absolute Gasteiger partial charge is 0.305 e. The second-order valence-corrected chi connectivity index (χ2v) is 4.40. The fraction of sp³-hybridized carbons (Fsp3) is 0.286. The monoisotopic (exact) mass is 243 g/mol. The average Bonchev–Trinajstić information content (AvgIpc) is 2.80. The number of aromatic nitrogens is 2. The zero-order valence-corrected chi connectivity index (χ0v) is 10.9. The minimum absolute atomic E-state index is 0.120. The van der Waals surface area contributed by atoms with Gasteiger partial charge in [0.25, 0.3) is 5.91 Å². The number of hydrogen-bond donors (Lipinski definition) is 2. The van der Waals surface area contributed by atoms with Crippen molar-refractivity contribution in [3.63, 3.8) is 0 Å². The van der Waals surface area contributed by atoms with Gasteiger partial charge in [-0.05, 0) is 31.9 Å². The zero-order valence-electron chi connectivity index (χ0n) is 10.9. The first-order valence-corrected chi connectivity index (χ1v) is 6.03. The third kappa shape index (κ3) is 2.59. The summed E-state index contributed by atoms with van der Waals surface area (Å²) in [7, 11) is 0. The number of carbonyl (C=O) groups excluding carboxylic acids is 1. The fourth-order valence-electron chi connectivity index (χ4n) is 1.77. The van der Waals surface area contributed by atoms with Gasteiger partial charge in [-0.2, -0.15) is 5.10 Å². The van der Waals surface area contributed by atoms with Crippen LogP contribution in [0.4, 0.5) is 5.82 Å². The van der Waals surface area contributed by atoms with Crippen LogP contribution < -0.4 is 5.32 Å². The molecule has 2 aromatic rings. The van der Waals surface area contributed by atoms with Gasteiger partial charge in [0.05, 0.1) is 0 Å². The van der Waals surface area contributed by atoms with Crippen LogP contribution in [0.15, 0.2) is 24.3 Å². The van der Waals surface area contributed by atoms with Crippen molar-refractivity contribution in [2.24, 2.45) is 0 Å². The van der Waals surface area contributed by atoms with Crippen molar-refractivity contribution in [1.29, 1.82) is 0 Å². The molecule has 1 aromatic heterocycles. The Morgan fingerprint density at radius 3 is 2.78 bits per heavy atom. The molecule has 1 aromatic carbocycles. The van der Waals surface area contributed by atoms with Crippen LogP contribution in [0.1, 0.15) is 34.1 Å². The Morgan fingerprint density at radius 1 is 1.33 bits per heavy atom. The molecule has 1 heterocycles. The van der Waals surface area contributed by atoms with Gasteiger partial charge in [-0.15, -0.1) is 0 Å². The molecule has 0 saturated carbocycles. The predicted molar refractivity (Wildman–Crippen MR) is 71.8 cm³/mol. The predicted octanol–water partition coefficient (Wildman–Crippen LogP) is 2.84. The summed E-state index contributed by atoms with van der Waals surface area (Å²) in [6.07, 6.45) is 0.867. The summed E-state index contributed by atoms with van der Waals surface area (Å²) in [6.45, 7) is 5.93. The van der Waals surface area contributed by atoms with Gasteiger partial charge in [0.1, 0.15) is 0 Å². The quantitative estimate of drug-likeness (QED) is 0.870. The lowest BCUT2D eigenvalue weighted by atomic mass is 10.1. The molecule has 2 rings (SSSR count). The number of aromatic amines is 1. The van der Waals surface area contributed by atoms with Gasteiger partial charge in [0.2, 0.25) is 0 Å². The van der Waals surface area contributed by atoms with Crippen molar-refractivity contribution in [3.05, 3.63) is 46.6 Å². The highest BCUT2D eigenvalue weighted by Crippen LogP contribution is 2.13. The lowest BCUT2D eigenvalue weighted by Crippen LogP contribution is -2.13. The molecule has 0 saturated heterocycles. The molecule has 0 fully saturated rings. The van der Waals surface area contributed by atoms with E-state index >= 15 is 0 Å². The van der Waals surface area contributed by atoms with Gasteiger partial charge in [-0.25, -0.2) is 0 Å². The molecule has 0 bridgehead atoms. The normalized spacial score (nSPS) is 10.4. The van der Waals surface area contributed by atoms with Gasteiger partial charge in [0.15, 0.2) is 5.82 Å². The van der Waals surface area contributed by atoms with Crippen LogP contribution in [0.3, 0.4) is 0 Å². The maximum Gasteiger partial charge on any atom is 0.257 e. The van der Waals surface area contributed by atoms with Crippen molar-refractivity contribution < 1.29 is 4.79 Å². The van der Waals surface area contributed by atoms with Crippen molar-refractivity contribution in [1.82, 2.24) is 10.2 Å². The van der Waals surface area contributed by atoms with Crippen LogP contribution in [0, 0.1) is 13.8 Å². The minimum atomic E-state index is -0.120. The number of H-pyrrole nitrogens is 1. The van der Waals surface area contributed by atoms with Crippen molar-refractivity contribution >= 4 is 11.7 Å². The van der Waals surface area contributed by atoms with E-state index in [0.29, 0.717) is 11.4 Å². The Bertz CT molecular complexity index is 572. The fourth-order valence-corrected chi connectivity index (χ4v) is 1.77. The Labute approximate surface area is 106 Å². The number of aryl methyl sites for hydroxylation is 3. The summed E-state index contributed by atoms with van der Waals surface area (Å²) in [5, 5.41) is 9.72. The van der Waals surface area contributed by atoms with E-state index in [4.69, 9.17) is 0 Å². The van der Waals surface area contributed by atoms with Gasteiger partial charge >= 0.3 is 0 Å². The Morgan fingerprint density at radius 2 is 2.11 bits per heavy atom. The first-order chi connectivity index (χ1) is 8.60. The molecule has 18 heavy (non-hydrogen) atoms. The van der Waals surface area contributed by atoms with Gasteiger partial charge in [-0.3, -0.25) is 9.89 Å². The molecular formula is C14H17N3O. The molecule has 2 N–H and O–H groups in total. The number of nitrogens with zero attached hydrogens (tertiary/aromatic N) is 1. The smallest absolute Gasteiger partial charge is 0.257 e. The molecule has 0 radical (unpaired) electrons. The van der Waals surface area contributed by atoms with Crippen LogP contribution in [0.25, 0.3) is 0 Å². The standard InChI is InChI=1S/C14H17N3O/c1-4-11-8-13(17-16-11)15-14(18)12-7-9(2)5-6-10(12)3/h5-8H,4H2,1-3H3,(H2,15,16,17,18). The van der Waals surface area contributed by atoms with Crippen LogP contribution in [0.2, 0.25) is 0 Å². The topological polar surface area (TPSA) is 57.8 Å². The summed E-state index contributed by atoms with van der Waals surface area (Å²) >= 11 is 0. The molecule has 94 valence electrons. The number of nitrogens with one attached hydrogen (secondary N) is 2. The van der Waals surface area contributed by atoms with E-state index < -0.39 is 0 Å². The number of benzene rings is 1. The first-order valence-electron chi connectivity index (χ1n) is 6.03. The van der Waals surface area contributed by atoms with Crippen molar-refractivity contribution in [2.75, 3.05) is 5.32 Å². The van der Waals surface area contributed by atoms with Gasteiger partial charge in [-0.1, -0.05) is 24.6 Å². The molecule has 0 aliphatic heterocycles. The molecular weight excluding hydrogens is 226 g/mol. The third-order valence-electron chi connectivity index (χ3n) is 2.89. The molecule has 4 heteroatoms. The molecule has 0 spiro atoms. The van der Waals surface area contributed by atoms with Crippen LogP contribution in [0.5, 0.6) is 0 Å². The maximum absolute atomic E-state index is 12.1. The van der Waals surface area contributed by atoms with Gasteiger partial charge in [0, 0.05) is 17.3 Å². The van der Waals surface area contributed by atoms with Crippen LogP contribution >= 0.6 is 0 Å². The van der Waals surface area contributed by atoms with Crippen molar-refractivity contribution in [2.45, 2.75) is 27.2 Å².